The van der Waals surface area contributed by atoms with E-state index in [4.69, 9.17) is 5.73 Å². The highest BCUT2D eigenvalue weighted by atomic mass is 15.3. The molecule has 0 bridgehead atoms. The molecule has 0 amide bonds. The second-order valence-electron chi connectivity index (χ2n) is 7.49. The van der Waals surface area contributed by atoms with Crippen LogP contribution in [0.15, 0.2) is 0 Å². The van der Waals surface area contributed by atoms with Crippen LogP contribution >= 0.6 is 0 Å². The van der Waals surface area contributed by atoms with E-state index in [-0.39, 0.29) is 5.54 Å². The van der Waals surface area contributed by atoms with E-state index in [0.29, 0.717) is 5.54 Å². The van der Waals surface area contributed by atoms with Gasteiger partial charge in [-0.15, -0.1) is 0 Å². The van der Waals surface area contributed by atoms with Crippen LogP contribution in [0.25, 0.3) is 0 Å². The topological polar surface area (TPSA) is 32.5 Å². The quantitative estimate of drug-likeness (QED) is 0.812. The SMILES string of the molecule is CCC1CCCCC1(CN)N(C)CC1(N(C)C)CCC1. The Morgan fingerprint density at radius 3 is 2.20 bits per heavy atom. The Balaban J connectivity index is 2.13. The summed E-state index contributed by atoms with van der Waals surface area (Å²) in [4.78, 5) is 5.11. The predicted octanol–water partition coefficient (Wildman–Crippen LogP) is 2.70. The summed E-state index contributed by atoms with van der Waals surface area (Å²) in [5.74, 6) is 0.783. The van der Waals surface area contributed by atoms with E-state index in [1.165, 1.54) is 57.9 Å². The van der Waals surface area contributed by atoms with Gasteiger partial charge in [0.2, 0.25) is 0 Å². The first-order valence-electron chi connectivity index (χ1n) is 8.59. The van der Waals surface area contributed by atoms with Crippen molar-refractivity contribution >= 4 is 0 Å². The highest BCUT2D eigenvalue weighted by Crippen LogP contribution is 2.43. The molecule has 2 aliphatic carbocycles. The number of hydrogen-bond donors (Lipinski definition) is 1. The first kappa shape index (κ1) is 16.3. The number of rotatable bonds is 6. The molecule has 0 heterocycles. The molecule has 0 aromatic heterocycles. The second-order valence-corrected chi connectivity index (χ2v) is 7.49. The summed E-state index contributed by atoms with van der Waals surface area (Å²) in [5, 5.41) is 0. The van der Waals surface area contributed by atoms with Crippen LogP contribution in [0.5, 0.6) is 0 Å². The van der Waals surface area contributed by atoms with Crippen molar-refractivity contribution < 1.29 is 0 Å². The fourth-order valence-corrected chi connectivity index (χ4v) is 4.74. The van der Waals surface area contributed by atoms with Crippen molar-refractivity contribution in [3.05, 3.63) is 0 Å². The highest BCUT2D eigenvalue weighted by Gasteiger charge is 2.47. The van der Waals surface area contributed by atoms with Gasteiger partial charge in [-0.05, 0) is 59.2 Å². The molecule has 0 aromatic rings. The summed E-state index contributed by atoms with van der Waals surface area (Å²) in [5.41, 5.74) is 6.97. The fraction of sp³-hybridized carbons (Fsp3) is 1.00. The Hall–Kier alpha value is -0.120. The van der Waals surface area contributed by atoms with Crippen molar-refractivity contribution in [2.75, 3.05) is 34.2 Å². The fourth-order valence-electron chi connectivity index (χ4n) is 4.74. The molecular formula is C17H35N3. The molecule has 2 aliphatic rings. The minimum absolute atomic E-state index is 0.256. The summed E-state index contributed by atoms with van der Waals surface area (Å²) < 4.78 is 0. The molecule has 2 unspecified atom stereocenters. The van der Waals surface area contributed by atoms with Crippen LogP contribution in [0.3, 0.4) is 0 Å². The van der Waals surface area contributed by atoms with Crippen LogP contribution in [0, 0.1) is 5.92 Å². The van der Waals surface area contributed by atoms with Gasteiger partial charge < -0.3 is 10.6 Å². The van der Waals surface area contributed by atoms with Crippen molar-refractivity contribution in [2.45, 2.75) is 69.4 Å². The lowest BCUT2D eigenvalue weighted by Crippen LogP contribution is -2.65. The summed E-state index contributed by atoms with van der Waals surface area (Å²) >= 11 is 0. The normalized spacial score (nSPS) is 33.5. The third-order valence-corrected chi connectivity index (χ3v) is 6.54. The van der Waals surface area contributed by atoms with E-state index in [9.17, 15) is 0 Å². The lowest BCUT2D eigenvalue weighted by molar-refractivity contribution is -0.0418. The van der Waals surface area contributed by atoms with Gasteiger partial charge in [0, 0.05) is 24.2 Å². The highest BCUT2D eigenvalue weighted by molar-refractivity contribution is 5.04. The first-order valence-corrected chi connectivity index (χ1v) is 8.59. The van der Waals surface area contributed by atoms with E-state index >= 15 is 0 Å². The molecular weight excluding hydrogens is 246 g/mol. The third-order valence-electron chi connectivity index (χ3n) is 6.54. The molecule has 20 heavy (non-hydrogen) atoms. The van der Waals surface area contributed by atoms with E-state index in [1.54, 1.807) is 0 Å². The van der Waals surface area contributed by atoms with Crippen LogP contribution in [0.1, 0.15) is 58.3 Å². The zero-order valence-corrected chi connectivity index (χ0v) is 14.1. The van der Waals surface area contributed by atoms with E-state index in [0.717, 1.165) is 12.5 Å². The Kier molecular flexibility index (Phi) is 5.14. The van der Waals surface area contributed by atoms with Crippen molar-refractivity contribution in [1.82, 2.24) is 9.80 Å². The average molecular weight is 281 g/mol. The molecule has 0 aromatic carbocycles. The van der Waals surface area contributed by atoms with Crippen molar-refractivity contribution in [2.24, 2.45) is 11.7 Å². The summed E-state index contributed by atoms with van der Waals surface area (Å²) in [6.45, 7) is 4.36. The van der Waals surface area contributed by atoms with Crippen LogP contribution in [0.4, 0.5) is 0 Å². The number of likely N-dealkylation sites (N-methyl/N-ethyl adjacent to an activating group) is 2. The Morgan fingerprint density at radius 2 is 1.75 bits per heavy atom. The van der Waals surface area contributed by atoms with Crippen molar-refractivity contribution in [1.29, 1.82) is 0 Å². The molecule has 118 valence electrons. The molecule has 2 fully saturated rings. The zero-order valence-electron chi connectivity index (χ0n) is 14.1. The molecule has 3 heteroatoms. The monoisotopic (exact) mass is 281 g/mol. The Bertz CT molecular complexity index is 311. The minimum Gasteiger partial charge on any atom is -0.329 e. The molecule has 0 spiro atoms. The minimum atomic E-state index is 0.256. The van der Waals surface area contributed by atoms with E-state index in [1.807, 2.05) is 0 Å². The van der Waals surface area contributed by atoms with Crippen molar-refractivity contribution in [3.8, 4) is 0 Å². The summed E-state index contributed by atoms with van der Waals surface area (Å²) in [6.07, 6.45) is 10.8. The first-order chi connectivity index (χ1) is 9.50. The maximum atomic E-state index is 6.30. The Labute approximate surface area is 125 Å². The predicted molar refractivity (Wildman–Crippen MR) is 86.9 cm³/mol. The Morgan fingerprint density at radius 1 is 1.05 bits per heavy atom. The van der Waals surface area contributed by atoms with E-state index in [2.05, 4.69) is 37.9 Å². The maximum Gasteiger partial charge on any atom is 0.0357 e. The lowest BCUT2D eigenvalue weighted by atomic mass is 9.68. The number of hydrogen-bond acceptors (Lipinski definition) is 3. The largest absolute Gasteiger partial charge is 0.329 e. The zero-order chi connectivity index (χ0) is 14.8. The van der Waals surface area contributed by atoms with Crippen LogP contribution in [0.2, 0.25) is 0 Å². The molecule has 0 aliphatic heterocycles. The van der Waals surface area contributed by atoms with Gasteiger partial charge in [-0.3, -0.25) is 4.90 Å². The molecule has 2 rings (SSSR count). The van der Waals surface area contributed by atoms with Crippen LogP contribution in [-0.2, 0) is 0 Å². The third kappa shape index (κ3) is 2.65. The standard InChI is InChI=1S/C17H35N3/c1-5-15-9-6-7-12-17(15,13-18)20(4)14-16(19(2)3)10-8-11-16/h15H,5-14,18H2,1-4H3. The van der Waals surface area contributed by atoms with Crippen molar-refractivity contribution in [3.63, 3.8) is 0 Å². The lowest BCUT2D eigenvalue weighted by Gasteiger charge is -2.56. The van der Waals surface area contributed by atoms with Gasteiger partial charge >= 0.3 is 0 Å². The molecule has 2 N–H and O–H groups in total. The van der Waals surface area contributed by atoms with Gasteiger partial charge in [0.25, 0.3) is 0 Å². The molecule has 0 radical (unpaired) electrons. The van der Waals surface area contributed by atoms with Gasteiger partial charge in [0.1, 0.15) is 0 Å². The molecule has 0 saturated heterocycles. The summed E-state index contributed by atoms with van der Waals surface area (Å²) in [7, 11) is 6.84. The van der Waals surface area contributed by atoms with Gasteiger partial charge in [0.05, 0.1) is 0 Å². The van der Waals surface area contributed by atoms with Gasteiger partial charge in [-0.25, -0.2) is 0 Å². The average Bonchev–Trinajstić information content (AvgIpc) is 2.41. The van der Waals surface area contributed by atoms with Crippen LogP contribution < -0.4 is 5.73 Å². The van der Waals surface area contributed by atoms with Gasteiger partial charge in [-0.1, -0.05) is 26.2 Å². The molecule has 2 saturated carbocycles. The number of nitrogens with two attached hydrogens (primary N) is 1. The number of nitrogens with zero attached hydrogens (tertiary/aromatic N) is 2. The van der Waals surface area contributed by atoms with Gasteiger partial charge in [0.15, 0.2) is 0 Å². The second kappa shape index (κ2) is 6.33. The van der Waals surface area contributed by atoms with Gasteiger partial charge in [-0.2, -0.15) is 0 Å². The maximum absolute atomic E-state index is 6.30. The van der Waals surface area contributed by atoms with Crippen LogP contribution in [-0.4, -0.2) is 55.1 Å². The summed E-state index contributed by atoms with van der Waals surface area (Å²) in [6, 6.07) is 0. The molecule has 3 nitrogen and oxygen atoms in total. The molecule has 2 atom stereocenters. The smallest absolute Gasteiger partial charge is 0.0357 e. The van der Waals surface area contributed by atoms with E-state index < -0.39 is 0 Å².